The van der Waals surface area contributed by atoms with Gasteiger partial charge in [-0.1, -0.05) is 12.1 Å². The van der Waals surface area contributed by atoms with Gasteiger partial charge in [-0.15, -0.1) is 11.3 Å². The van der Waals surface area contributed by atoms with Gasteiger partial charge in [0.15, 0.2) is 5.78 Å². The van der Waals surface area contributed by atoms with Crippen molar-refractivity contribution < 1.29 is 22.7 Å². The van der Waals surface area contributed by atoms with Gasteiger partial charge in [-0.3, -0.25) is 9.59 Å². The maximum atomic E-state index is 12.8. The van der Waals surface area contributed by atoms with E-state index < -0.39 is 10.0 Å². The molecule has 0 unspecified atom stereocenters. The molecule has 2 heterocycles. The van der Waals surface area contributed by atoms with Crippen LogP contribution in [0.2, 0.25) is 0 Å². The van der Waals surface area contributed by atoms with Crippen molar-refractivity contribution in [1.82, 2.24) is 4.31 Å². The zero-order valence-corrected chi connectivity index (χ0v) is 17.9. The van der Waals surface area contributed by atoms with Crippen LogP contribution in [0.3, 0.4) is 0 Å². The summed E-state index contributed by atoms with van der Waals surface area (Å²) >= 11 is 1.39. The fraction of sp³-hybridized carbons (Fsp3) is 0.400. The highest BCUT2D eigenvalue weighted by Crippen LogP contribution is 2.24. The van der Waals surface area contributed by atoms with Crippen molar-refractivity contribution in [3.8, 4) is 0 Å². The van der Waals surface area contributed by atoms with Gasteiger partial charge in [0.2, 0.25) is 15.9 Å². The maximum Gasteiger partial charge on any atom is 0.243 e. The first-order valence-corrected chi connectivity index (χ1v) is 11.7. The number of aryl methyl sites for hydroxylation is 1. The van der Waals surface area contributed by atoms with Crippen molar-refractivity contribution >= 4 is 38.7 Å². The van der Waals surface area contributed by atoms with E-state index in [9.17, 15) is 18.0 Å². The van der Waals surface area contributed by atoms with Gasteiger partial charge >= 0.3 is 0 Å². The average molecular weight is 437 g/mol. The van der Waals surface area contributed by atoms with Gasteiger partial charge in [-0.05, 0) is 42.5 Å². The van der Waals surface area contributed by atoms with E-state index >= 15 is 0 Å². The minimum atomic E-state index is -3.63. The number of nitrogens with one attached hydrogen (secondary N) is 1. The first-order chi connectivity index (χ1) is 13.9. The number of anilines is 1. The van der Waals surface area contributed by atoms with Crippen molar-refractivity contribution in [1.29, 1.82) is 0 Å². The number of nitrogens with zero attached hydrogens (tertiary/aromatic N) is 1. The van der Waals surface area contributed by atoms with Gasteiger partial charge in [0.25, 0.3) is 0 Å². The summed E-state index contributed by atoms with van der Waals surface area (Å²) in [5.41, 5.74) is 1.24. The SMILES string of the molecule is Cc1ccc(S(=O)(=O)N2CCOCC2)cc1NC(=O)CCCC(=O)c1cccs1. The van der Waals surface area contributed by atoms with Crippen LogP contribution in [-0.4, -0.2) is 50.7 Å². The molecule has 1 aliphatic heterocycles. The van der Waals surface area contributed by atoms with Crippen LogP contribution in [0.25, 0.3) is 0 Å². The lowest BCUT2D eigenvalue weighted by Gasteiger charge is -2.26. The number of ketones is 1. The molecule has 0 spiro atoms. The molecule has 29 heavy (non-hydrogen) atoms. The zero-order chi connectivity index (χ0) is 20.9. The van der Waals surface area contributed by atoms with Crippen molar-refractivity contribution in [2.45, 2.75) is 31.1 Å². The number of Topliss-reactive ketones (excluding diaryl/α,β-unsaturated/α-hetero) is 1. The van der Waals surface area contributed by atoms with Crippen LogP contribution in [0.4, 0.5) is 5.69 Å². The Labute approximate surface area is 174 Å². The Morgan fingerprint density at radius 3 is 2.62 bits per heavy atom. The molecular formula is C20H24N2O5S2. The summed E-state index contributed by atoms with van der Waals surface area (Å²) in [6, 6.07) is 8.33. The van der Waals surface area contributed by atoms with E-state index in [1.807, 2.05) is 11.4 Å². The number of morpholine rings is 1. The van der Waals surface area contributed by atoms with Crippen molar-refractivity contribution in [2.75, 3.05) is 31.6 Å². The summed E-state index contributed by atoms with van der Waals surface area (Å²) in [5.74, 6) is -0.212. The number of thiophene rings is 1. The highest BCUT2D eigenvalue weighted by Gasteiger charge is 2.26. The fourth-order valence-corrected chi connectivity index (χ4v) is 5.14. The van der Waals surface area contributed by atoms with Crippen LogP contribution in [0, 0.1) is 6.92 Å². The van der Waals surface area contributed by atoms with Gasteiger partial charge in [0.05, 0.1) is 23.0 Å². The normalized spacial score (nSPS) is 15.2. The molecule has 1 N–H and O–H groups in total. The maximum absolute atomic E-state index is 12.8. The quantitative estimate of drug-likeness (QED) is 0.642. The van der Waals surface area contributed by atoms with Gasteiger partial charge in [-0.2, -0.15) is 4.31 Å². The topological polar surface area (TPSA) is 92.8 Å². The molecule has 2 aromatic rings. The van der Waals surface area contributed by atoms with Crippen LogP contribution in [-0.2, 0) is 19.6 Å². The number of ether oxygens (including phenoxy) is 1. The molecule has 0 bridgehead atoms. The Morgan fingerprint density at radius 1 is 1.17 bits per heavy atom. The minimum Gasteiger partial charge on any atom is -0.379 e. The Balaban J connectivity index is 1.60. The molecule has 9 heteroatoms. The molecule has 156 valence electrons. The van der Waals surface area contributed by atoms with Crippen LogP contribution < -0.4 is 5.32 Å². The molecule has 1 aromatic heterocycles. The van der Waals surface area contributed by atoms with Crippen LogP contribution in [0.1, 0.15) is 34.5 Å². The zero-order valence-electron chi connectivity index (χ0n) is 16.2. The van der Waals surface area contributed by atoms with E-state index in [4.69, 9.17) is 4.74 Å². The molecule has 1 fully saturated rings. The first kappa shape index (κ1) is 21.6. The average Bonchev–Trinajstić information content (AvgIpc) is 3.25. The van der Waals surface area contributed by atoms with Crippen LogP contribution in [0.5, 0.6) is 0 Å². The molecule has 7 nitrogen and oxygen atoms in total. The number of rotatable bonds is 8. The Bertz CT molecular complexity index is 965. The number of carbonyl (C=O) groups excluding carboxylic acids is 2. The van der Waals surface area contributed by atoms with Gasteiger partial charge in [-0.25, -0.2) is 8.42 Å². The third kappa shape index (κ3) is 5.51. The van der Waals surface area contributed by atoms with E-state index in [0.29, 0.717) is 49.7 Å². The molecule has 1 aromatic carbocycles. The van der Waals surface area contributed by atoms with Crippen molar-refractivity contribution in [2.24, 2.45) is 0 Å². The standard InChI is InChI=1S/C20H24N2O5S2/c1-15-7-8-16(29(25,26)22-9-11-27-12-10-22)14-17(15)21-20(24)6-2-4-18(23)19-5-3-13-28-19/h3,5,7-8,13-14H,2,4,6,9-12H2,1H3,(H,21,24). The first-order valence-electron chi connectivity index (χ1n) is 9.43. The third-order valence-corrected chi connectivity index (χ3v) is 7.50. The lowest BCUT2D eigenvalue weighted by Crippen LogP contribution is -2.40. The van der Waals surface area contributed by atoms with Crippen molar-refractivity contribution in [3.05, 3.63) is 46.2 Å². The Morgan fingerprint density at radius 2 is 1.93 bits per heavy atom. The Hall–Kier alpha value is -2.07. The molecule has 0 radical (unpaired) electrons. The second-order valence-corrected chi connectivity index (χ2v) is 9.68. The monoisotopic (exact) mass is 436 g/mol. The summed E-state index contributed by atoms with van der Waals surface area (Å²) in [6.07, 6.45) is 0.933. The number of carbonyl (C=O) groups is 2. The molecule has 3 rings (SSSR count). The number of hydrogen-bond donors (Lipinski definition) is 1. The van der Waals surface area contributed by atoms with Crippen LogP contribution in [0.15, 0.2) is 40.6 Å². The summed E-state index contributed by atoms with van der Waals surface area (Å²) in [6.45, 7) is 3.19. The van der Waals surface area contributed by atoms with E-state index in [-0.39, 0.29) is 23.0 Å². The number of benzene rings is 1. The molecule has 1 amide bonds. The predicted octanol–water partition coefficient (Wildman–Crippen LogP) is 3.07. The molecule has 0 saturated carbocycles. The second kappa shape index (κ2) is 9.62. The summed E-state index contributed by atoms with van der Waals surface area (Å²) in [5, 5.41) is 4.63. The predicted molar refractivity (Wildman–Crippen MR) is 112 cm³/mol. The molecule has 1 aliphatic rings. The number of hydrogen-bond acceptors (Lipinski definition) is 6. The van der Waals surface area contributed by atoms with Crippen molar-refractivity contribution in [3.63, 3.8) is 0 Å². The van der Waals surface area contributed by atoms with E-state index in [1.165, 1.54) is 21.7 Å². The second-order valence-electron chi connectivity index (χ2n) is 6.80. The number of sulfonamides is 1. The summed E-state index contributed by atoms with van der Waals surface area (Å²) in [7, 11) is -3.63. The van der Waals surface area contributed by atoms with Crippen LogP contribution >= 0.6 is 11.3 Å². The smallest absolute Gasteiger partial charge is 0.243 e. The Kier molecular flexibility index (Phi) is 7.18. The van der Waals surface area contributed by atoms with Gasteiger partial charge in [0, 0.05) is 31.6 Å². The fourth-order valence-electron chi connectivity index (χ4n) is 3.01. The summed E-state index contributed by atoms with van der Waals surface area (Å²) in [4.78, 5) is 25.1. The molecule has 0 aliphatic carbocycles. The molecular weight excluding hydrogens is 412 g/mol. The molecule has 0 atom stereocenters. The van der Waals surface area contributed by atoms with E-state index in [1.54, 1.807) is 25.1 Å². The van der Waals surface area contributed by atoms with Gasteiger partial charge in [0.1, 0.15) is 0 Å². The number of amides is 1. The highest BCUT2D eigenvalue weighted by atomic mass is 32.2. The minimum absolute atomic E-state index is 0.0302. The summed E-state index contributed by atoms with van der Waals surface area (Å²) < 4.78 is 32.2. The largest absolute Gasteiger partial charge is 0.379 e. The van der Waals surface area contributed by atoms with E-state index in [2.05, 4.69) is 5.32 Å². The van der Waals surface area contributed by atoms with E-state index in [0.717, 1.165) is 5.56 Å². The van der Waals surface area contributed by atoms with Gasteiger partial charge < -0.3 is 10.1 Å². The highest BCUT2D eigenvalue weighted by molar-refractivity contribution is 7.89. The lowest BCUT2D eigenvalue weighted by atomic mass is 10.1. The third-order valence-electron chi connectivity index (χ3n) is 4.69. The molecule has 1 saturated heterocycles. The lowest BCUT2D eigenvalue weighted by molar-refractivity contribution is -0.116.